The van der Waals surface area contributed by atoms with Crippen LogP contribution in [0.5, 0.6) is 0 Å². The molecule has 0 bridgehead atoms. The SMILES string of the molecule is CCCCn1c(N)c(N(CCC)C(=O)c2ccc3ncsc3c2)c(=O)[nH]c1=O. The molecule has 0 spiro atoms. The summed E-state index contributed by atoms with van der Waals surface area (Å²) < 4.78 is 2.21. The summed E-state index contributed by atoms with van der Waals surface area (Å²) in [5.41, 5.74) is 7.96. The number of unbranched alkanes of at least 4 members (excludes halogenated alkanes) is 1. The Balaban J connectivity index is 2.09. The third kappa shape index (κ3) is 3.70. The summed E-state index contributed by atoms with van der Waals surface area (Å²) >= 11 is 1.44. The van der Waals surface area contributed by atoms with Gasteiger partial charge in [0.25, 0.3) is 11.5 Å². The molecule has 148 valence electrons. The average molecular weight is 401 g/mol. The van der Waals surface area contributed by atoms with Gasteiger partial charge in [-0.25, -0.2) is 9.78 Å². The maximum Gasteiger partial charge on any atom is 0.330 e. The largest absolute Gasteiger partial charge is 0.383 e. The van der Waals surface area contributed by atoms with Gasteiger partial charge in [0.15, 0.2) is 5.69 Å². The minimum absolute atomic E-state index is 0.0165. The average Bonchev–Trinajstić information content (AvgIpc) is 3.14. The Kier molecular flexibility index (Phi) is 5.93. The molecule has 3 rings (SSSR count). The highest BCUT2D eigenvalue weighted by Gasteiger charge is 2.25. The molecule has 0 aliphatic carbocycles. The molecular formula is C19H23N5O3S. The topological polar surface area (TPSA) is 114 Å². The summed E-state index contributed by atoms with van der Waals surface area (Å²) in [7, 11) is 0. The van der Waals surface area contributed by atoms with Gasteiger partial charge in [-0.05, 0) is 31.0 Å². The van der Waals surface area contributed by atoms with Crippen molar-refractivity contribution in [2.75, 3.05) is 17.2 Å². The van der Waals surface area contributed by atoms with Gasteiger partial charge in [0.05, 0.1) is 15.7 Å². The smallest absolute Gasteiger partial charge is 0.330 e. The van der Waals surface area contributed by atoms with Crippen LogP contribution in [0.2, 0.25) is 0 Å². The number of aromatic nitrogens is 3. The molecule has 2 heterocycles. The molecule has 28 heavy (non-hydrogen) atoms. The van der Waals surface area contributed by atoms with Crippen molar-refractivity contribution in [3.05, 3.63) is 50.1 Å². The van der Waals surface area contributed by atoms with E-state index in [0.29, 0.717) is 25.1 Å². The molecule has 0 atom stereocenters. The van der Waals surface area contributed by atoms with Crippen LogP contribution < -0.4 is 21.9 Å². The van der Waals surface area contributed by atoms with E-state index in [4.69, 9.17) is 5.73 Å². The highest BCUT2D eigenvalue weighted by Crippen LogP contribution is 2.23. The van der Waals surface area contributed by atoms with Crippen LogP contribution in [0.1, 0.15) is 43.5 Å². The van der Waals surface area contributed by atoms with Crippen LogP contribution in [-0.2, 0) is 6.54 Å². The first-order valence-corrected chi connectivity index (χ1v) is 10.1. The number of amides is 1. The Hall–Kier alpha value is -2.94. The zero-order valence-corrected chi connectivity index (χ0v) is 16.7. The van der Waals surface area contributed by atoms with E-state index in [1.807, 2.05) is 13.8 Å². The molecular weight excluding hydrogens is 378 g/mol. The summed E-state index contributed by atoms with van der Waals surface area (Å²) in [4.78, 5) is 45.8. The Morgan fingerprint density at radius 1 is 1.29 bits per heavy atom. The number of nitrogens with zero attached hydrogens (tertiary/aromatic N) is 3. The van der Waals surface area contributed by atoms with Crippen molar-refractivity contribution < 1.29 is 4.79 Å². The number of hydrogen-bond acceptors (Lipinski definition) is 6. The fourth-order valence-electron chi connectivity index (χ4n) is 3.06. The molecule has 0 radical (unpaired) electrons. The van der Waals surface area contributed by atoms with E-state index in [0.717, 1.165) is 23.1 Å². The van der Waals surface area contributed by atoms with E-state index in [1.54, 1.807) is 23.7 Å². The number of hydrogen-bond donors (Lipinski definition) is 2. The van der Waals surface area contributed by atoms with Crippen molar-refractivity contribution in [2.45, 2.75) is 39.7 Å². The van der Waals surface area contributed by atoms with Crippen LogP contribution in [0.4, 0.5) is 11.5 Å². The Morgan fingerprint density at radius 3 is 2.79 bits per heavy atom. The molecule has 0 unspecified atom stereocenters. The van der Waals surface area contributed by atoms with E-state index >= 15 is 0 Å². The number of fused-ring (bicyclic) bond motifs is 1. The Morgan fingerprint density at radius 2 is 2.07 bits per heavy atom. The summed E-state index contributed by atoms with van der Waals surface area (Å²) in [5.74, 6) is -0.321. The summed E-state index contributed by atoms with van der Waals surface area (Å²) in [6.07, 6.45) is 2.23. The second-order valence-electron chi connectivity index (χ2n) is 6.49. The lowest BCUT2D eigenvalue weighted by atomic mass is 10.1. The van der Waals surface area contributed by atoms with Crippen LogP contribution in [-0.4, -0.2) is 27.0 Å². The highest BCUT2D eigenvalue weighted by molar-refractivity contribution is 7.16. The van der Waals surface area contributed by atoms with Gasteiger partial charge in [-0.1, -0.05) is 20.3 Å². The number of anilines is 2. The standard InChI is InChI=1S/C19H23N5O3S/c1-3-5-9-24-16(20)15(17(25)22-19(24)27)23(8-4-2)18(26)12-6-7-13-14(10-12)28-11-21-13/h6-7,10-11H,3-5,8-9,20H2,1-2H3,(H,22,25,27). The first kappa shape index (κ1) is 19.8. The summed E-state index contributed by atoms with van der Waals surface area (Å²) in [6, 6.07) is 5.22. The third-order valence-corrected chi connectivity index (χ3v) is 5.28. The predicted molar refractivity (Wildman–Crippen MR) is 112 cm³/mol. The Labute approximate surface area is 165 Å². The van der Waals surface area contributed by atoms with Gasteiger partial charge >= 0.3 is 5.69 Å². The van der Waals surface area contributed by atoms with Crippen molar-refractivity contribution in [2.24, 2.45) is 0 Å². The van der Waals surface area contributed by atoms with Gasteiger partial charge in [0, 0.05) is 18.7 Å². The molecule has 0 saturated heterocycles. The zero-order chi connectivity index (χ0) is 20.3. The number of carbonyl (C=O) groups is 1. The fourth-order valence-corrected chi connectivity index (χ4v) is 3.78. The molecule has 0 saturated carbocycles. The van der Waals surface area contributed by atoms with E-state index < -0.39 is 11.2 Å². The maximum atomic E-state index is 13.2. The van der Waals surface area contributed by atoms with Gasteiger partial charge in [-0.3, -0.25) is 19.1 Å². The molecule has 0 aliphatic heterocycles. The molecule has 3 aromatic rings. The van der Waals surface area contributed by atoms with E-state index in [2.05, 4.69) is 9.97 Å². The number of thiazole rings is 1. The van der Waals surface area contributed by atoms with E-state index in [1.165, 1.54) is 20.8 Å². The van der Waals surface area contributed by atoms with Crippen LogP contribution in [0.3, 0.4) is 0 Å². The van der Waals surface area contributed by atoms with Crippen molar-refractivity contribution in [3.8, 4) is 0 Å². The molecule has 1 aromatic carbocycles. The van der Waals surface area contributed by atoms with Crippen LogP contribution in [0.25, 0.3) is 10.2 Å². The van der Waals surface area contributed by atoms with Crippen LogP contribution in [0, 0.1) is 0 Å². The molecule has 1 amide bonds. The van der Waals surface area contributed by atoms with E-state index in [9.17, 15) is 14.4 Å². The second kappa shape index (κ2) is 8.39. The normalized spacial score (nSPS) is 11.1. The lowest BCUT2D eigenvalue weighted by Crippen LogP contribution is -2.41. The van der Waals surface area contributed by atoms with Gasteiger partial charge in [0.1, 0.15) is 5.82 Å². The molecule has 2 aromatic heterocycles. The van der Waals surface area contributed by atoms with Crippen molar-refractivity contribution in [3.63, 3.8) is 0 Å². The van der Waals surface area contributed by atoms with Crippen LogP contribution in [0.15, 0.2) is 33.3 Å². The number of H-pyrrole nitrogens is 1. The minimum Gasteiger partial charge on any atom is -0.383 e. The summed E-state index contributed by atoms with van der Waals surface area (Å²) in [5, 5.41) is 0. The van der Waals surface area contributed by atoms with Gasteiger partial charge in [0.2, 0.25) is 0 Å². The predicted octanol–water partition coefficient (Wildman–Crippen LogP) is 2.59. The highest BCUT2D eigenvalue weighted by atomic mass is 32.1. The van der Waals surface area contributed by atoms with Crippen molar-refractivity contribution >= 4 is 39.0 Å². The number of benzene rings is 1. The quantitative estimate of drug-likeness (QED) is 0.631. The number of aromatic amines is 1. The summed E-state index contributed by atoms with van der Waals surface area (Å²) in [6.45, 7) is 4.59. The number of carbonyl (C=O) groups excluding carboxylic acids is 1. The minimum atomic E-state index is -0.657. The molecule has 3 N–H and O–H groups in total. The third-order valence-electron chi connectivity index (χ3n) is 4.49. The first-order chi connectivity index (χ1) is 13.5. The molecule has 0 aliphatic rings. The maximum absolute atomic E-state index is 13.2. The van der Waals surface area contributed by atoms with Crippen LogP contribution >= 0.6 is 11.3 Å². The number of nitrogens with two attached hydrogens (primary N) is 1. The van der Waals surface area contributed by atoms with Gasteiger partial charge in [-0.15, -0.1) is 11.3 Å². The second-order valence-corrected chi connectivity index (χ2v) is 7.38. The molecule has 9 heteroatoms. The zero-order valence-electron chi connectivity index (χ0n) is 15.9. The number of nitrogens with one attached hydrogen (secondary N) is 1. The van der Waals surface area contributed by atoms with Gasteiger partial charge < -0.3 is 10.6 Å². The van der Waals surface area contributed by atoms with Crippen molar-refractivity contribution in [1.82, 2.24) is 14.5 Å². The molecule has 8 nitrogen and oxygen atoms in total. The van der Waals surface area contributed by atoms with Gasteiger partial charge in [-0.2, -0.15) is 0 Å². The van der Waals surface area contributed by atoms with E-state index in [-0.39, 0.29) is 17.4 Å². The first-order valence-electron chi connectivity index (χ1n) is 9.25. The lowest BCUT2D eigenvalue weighted by molar-refractivity contribution is 0.0986. The number of rotatable bonds is 7. The molecule has 0 fully saturated rings. The fraction of sp³-hybridized carbons (Fsp3) is 0.368. The lowest BCUT2D eigenvalue weighted by Gasteiger charge is -2.24. The van der Waals surface area contributed by atoms with Crippen molar-refractivity contribution in [1.29, 1.82) is 0 Å². The number of nitrogen functional groups attached to an aromatic ring is 1. The Bertz CT molecular complexity index is 1110. The monoisotopic (exact) mass is 401 g/mol.